The van der Waals surface area contributed by atoms with Crippen LogP contribution in [0, 0.1) is 6.92 Å². The Labute approximate surface area is 197 Å². The van der Waals surface area contributed by atoms with Crippen LogP contribution in [0.1, 0.15) is 36.1 Å². The number of thiazole rings is 1. The highest BCUT2D eigenvalue weighted by atomic mass is 32.2. The summed E-state index contributed by atoms with van der Waals surface area (Å²) in [5, 5.41) is 6.82. The number of hydrogen-bond acceptors (Lipinski definition) is 9. The number of oxime groups is 1. The first-order valence-electron chi connectivity index (χ1n) is 10.8. The molecule has 9 nitrogen and oxygen atoms in total. The maximum Gasteiger partial charge on any atom is 0.280 e. The van der Waals surface area contributed by atoms with Gasteiger partial charge in [-0.25, -0.2) is 13.4 Å². The second-order valence-corrected chi connectivity index (χ2v) is 11.6. The number of nitrogens with zero attached hydrogens (tertiary/aromatic N) is 2. The SMILES string of the molecule is CO[C@@H]1CC[C@@H](O/N=C(/C(=O)Nc2ncc(C)s2)c2ccc(S(=O)(=O)[C@H]3CCOC3)cc2)C1. The van der Waals surface area contributed by atoms with Crippen molar-refractivity contribution in [3.63, 3.8) is 0 Å². The van der Waals surface area contributed by atoms with Crippen LogP contribution in [-0.4, -0.2) is 62.8 Å². The fourth-order valence-corrected chi connectivity index (χ4v) is 6.13. The van der Waals surface area contributed by atoms with E-state index in [1.165, 1.54) is 23.5 Å². The summed E-state index contributed by atoms with van der Waals surface area (Å²) < 4.78 is 36.2. The standard InChI is InChI=1S/C22H27N3O6S2/c1-14-12-23-22(32-14)24-21(26)20(25-31-17-6-5-16(11-17)29-2)15-3-7-18(8-4-15)33(27,28)19-9-10-30-13-19/h3-4,7-8,12,16-17,19H,5-6,9-11,13H2,1-2H3,(H,23,24,26)/b25-20+/t16-,17-,19+/m1/s1. The van der Waals surface area contributed by atoms with Crippen LogP contribution in [0.5, 0.6) is 0 Å². The largest absolute Gasteiger partial charge is 0.392 e. The van der Waals surface area contributed by atoms with Gasteiger partial charge in [-0.15, -0.1) is 11.3 Å². The molecule has 3 atom stereocenters. The summed E-state index contributed by atoms with van der Waals surface area (Å²) in [6, 6.07) is 6.14. The minimum atomic E-state index is -3.50. The number of aryl methyl sites for hydroxylation is 1. The third-order valence-corrected chi connectivity index (χ3v) is 8.81. The van der Waals surface area contributed by atoms with Gasteiger partial charge >= 0.3 is 0 Å². The molecule has 1 aliphatic carbocycles. The predicted molar refractivity (Wildman–Crippen MR) is 124 cm³/mol. The van der Waals surface area contributed by atoms with Crippen molar-refractivity contribution in [2.24, 2.45) is 5.16 Å². The normalized spacial score (nSPS) is 23.6. The maximum atomic E-state index is 13.0. The Balaban J connectivity index is 1.56. The summed E-state index contributed by atoms with van der Waals surface area (Å²) in [5.74, 6) is -0.481. The van der Waals surface area contributed by atoms with Crippen molar-refractivity contribution in [3.05, 3.63) is 40.9 Å². The number of hydrogen-bond donors (Lipinski definition) is 1. The molecule has 11 heteroatoms. The molecule has 0 unspecified atom stereocenters. The monoisotopic (exact) mass is 493 g/mol. The first kappa shape index (κ1) is 23.8. The van der Waals surface area contributed by atoms with Crippen molar-refractivity contribution in [3.8, 4) is 0 Å². The molecule has 1 N–H and O–H groups in total. The molecule has 2 aliphatic rings. The van der Waals surface area contributed by atoms with Crippen LogP contribution in [0.3, 0.4) is 0 Å². The zero-order valence-corrected chi connectivity index (χ0v) is 20.2. The molecule has 2 fully saturated rings. The molecule has 1 aliphatic heterocycles. The highest BCUT2D eigenvalue weighted by Crippen LogP contribution is 2.26. The predicted octanol–water partition coefficient (Wildman–Crippen LogP) is 2.94. The van der Waals surface area contributed by atoms with Crippen LogP contribution >= 0.6 is 11.3 Å². The van der Waals surface area contributed by atoms with Gasteiger partial charge in [0, 0.05) is 36.8 Å². The average Bonchev–Trinajstić information content (AvgIpc) is 3.57. The van der Waals surface area contributed by atoms with E-state index in [0.717, 1.165) is 17.7 Å². The van der Waals surface area contributed by atoms with E-state index in [1.807, 2.05) is 6.92 Å². The minimum absolute atomic E-state index is 0.0527. The van der Waals surface area contributed by atoms with E-state index >= 15 is 0 Å². The molecule has 1 amide bonds. The Morgan fingerprint density at radius 3 is 2.58 bits per heavy atom. The third-order valence-electron chi connectivity index (χ3n) is 5.80. The highest BCUT2D eigenvalue weighted by Gasteiger charge is 2.31. The molecular weight excluding hydrogens is 466 g/mol. The minimum Gasteiger partial charge on any atom is -0.392 e. The lowest BCUT2D eigenvalue weighted by Gasteiger charge is -2.13. The number of carbonyl (C=O) groups is 1. The fraction of sp³-hybridized carbons (Fsp3) is 0.500. The van der Waals surface area contributed by atoms with E-state index in [1.54, 1.807) is 25.4 Å². The van der Waals surface area contributed by atoms with Crippen molar-refractivity contribution in [1.82, 2.24) is 4.98 Å². The van der Waals surface area contributed by atoms with Gasteiger partial charge in [-0.2, -0.15) is 0 Å². The van der Waals surface area contributed by atoms with Crippen molar-refractivity contribution in [1.29, 1.82) is 0 Å². The molecule has 1 saturated carbocycles. The van der Waals surface area contributed by atoms with Gasteiger partial charge in [0.15, 0.2) is 20.7 Å². The number of sulfone groups is 1. The Kier molecular flexibility index (Phi) is 7.42. The molecule has 2 aromatic rings. The Morgan fingerprint density at radius 2 is 1.97 bits per heavy atom. The van der Waals surface area contributed by atoms with Crippen LogP contribution in [0.15, 0.2) is 40.5 Å². The average molecular weight is 494 g/mol. The number of methoxy groups -OCH3 is 1. The number of benzene rings is 1. The van der Waals surface area contributed by atoms with E-state index in [2.05, 4.69) is 15.5 Å². The number of carbonyl (C=O) groups excluding carboxylic acids is 1. The quantitative estimate of drug-likeness (QED) is 0.444. The van der Waals surface area contributed by atoms with Gasteiger partial charge in [-0.1, -0.05) is 17.3 Å². The van der Waals surface area contributed by atoms with Crippen LogP contribution in [0.25, 0.3) is 0 Å². The Morgan fingerprint density at radius 1 is 1.21 bits per heavy atom. The topological polar surface area (TPSA) is 116 Å². The Bertz CT molecular complexity index is 1110. The molecule has 0 bridgehead atoms. The van der Waals surface area contributed by atoms with Crippen molar-refractivity contribution >= 4 is 37.9 Å². The Hall–Kier alpha value is -2.34. The lowest BCUT2D eigenvalue weighted by molar-refractivity contribution is -0.110. The van der Waals surface area contributed by atoms with E-state index in [-0.39, 0.29) is 29.4 Å². The molecule has 1 aromatic heterocycles. The molecule has 4 rings (SSSR count). The van der Waals surface area contributed by atoms with E-state index in [4.69, 9.17) is 14.3 Å². The molecule has 1 aromatic carbocycles. The third kappa shape index (κ3) is 5.60. The summed E-state index contributed by atoms with van der Waals surface area (Å²) >= 11 is 1.35. The van der Waals surface area contributed by atoms with Gasteiger partial charge in [-0.3, -0.25) is 10.1 Å². The number of rotatable bonds is 8. The number of aromatic nitrogens is 1. The molecule has 1 saturated heterocycles. The van der Waals surface area contributed by atoms with Gasteiger partial charge in [0.25, 0.3) is 5.91 Å². The smallest absolute Gasteiger partial charge is 0.280 e. The summed E-state index contributed by atoms with van der Waals surface area (Å²) in [6.07, 6.45) is 4.46. The summed E-state index contributed by atoms with van der Waals surface area (Å²) in [5.41, 5.74) is 0.501. The molecule has 178 valence electrons. The lowest BCUT2D eigenvalue weighted by Crippen LogP contribution is -2.25. The molecule has 0 radical (unpaired) electrons. The van der Waals surface area contributed by atoms with Gasteiger partial charge in [0.05, 0.1) is 22.9 Å². The highest BCUT2D eigenvalue weighted by molar-refractivity contribution is 7.92. The second-order valence-electron chi connectivity index (χ2n) is 8.12. The number of anilines is 1. The first-order chi connectivity index (χ1) is 15.9. The van der Waals surface area contributed by atoms with Gasteiger partial charge in [0.2, 0.25) is 0 Å². The number of amides is 1. The number of nitrogens with one attached hydrogen (secondary N) is 1. The van der Waals surface area contributed by atoms with Gasteiger partial charge in [-0.05, 0) is 38.3 Å². The molecule has 33 heavy (non-hydrogen) atoms. The van der Waals surface area contributed by atoms with Crippen molar-refractivity contribution in [2.75, 3.05) is 25.6 Å². The van der Waals surface area contributed by atoms with E-state index in [0.29, 0.717) is 30.1 Å². The molecule has 2 heterocycles. The van der Waals surface area contributed by atoms with Crippen LogP contribution in [-0.2, 0) is 28.9 Å². The summed E-state index contributed by atoms with van der Waals surface area (Å²) in [7, 11) is -1.84. The van der Waals surface area contributed by atoms with E-state index < -0.39 is 21.0 Å². The van der Waals surface area contributed by atoms with E-state index in [9.17, 15) is 13.2 Å². The fourth-order valence-electron chi connectivity index (χ4n) is 3.88. The van der Waals surface area contributed by atoms with Gasteiger partial charge < -0.3 is 14.3 Å². The van der Waals surface area contributed by atoms with Crippen molar-refractivity contribution < 1.29 is 27.5 Å². The van der Waals surface area contributed by atoms with Crippen LogP contribution < -0.4 is 5.32 Å². The van der Waals surface area contributed by atoms with Crippen molar-refractivity contribution in [2.45, 2.75) is 55.0 Å². The summed E-state index contributed by atoms with van der Waals surface area (Å²) in [6.45, 7) is 2.54. The zero-order valence-electron chi connectivity index (χ0n) is 18.5. The maximum absolute atomic E-state index is 13.0. The zero-order chi connectivity index (χ0) is 23.4. The van der Waals surface area contributed by atoms with Crippen LogP contribution in [0.4, 0.5) is 5.13 Å². The van der Waals surface area contributed by atoms with Gasteiger partial charge in [0.1, 0.15) is 6.10 Å². The molecule has 0 spiro atoms. The number of ether oxygens (including phenoxy) is 2. The first-order valence-corrected chi connectivity index (χ1v) is 13.2. The lowest BCUT2D eigenvalue weighted by atomic mass is 10.1. The molecular formula is C22H27N3O6S2. The van der Waals surface area contributed by atoms with Crippen LogP contribution in [0.2, 0.25) is 0 Å². The second kappa shape index (κ2) is 10.3. The summed E-state index contributed by atoms with van der Waals surface area (Å²) in [4.78, 5) is 24.0.